The number of carbonyl (C=O) groups is 1. The van der Waals surface area contributed by atoms with Gasteiger partial charge in [0.2, 0.25) is 0 Å². The normalized spacial score (nSPS) is 11.1. The highest BCUT2D eigenvalue weighted by Gasteiger charge is 2.16. The van der Waals surface area contributed by atoms with Crippen LogP contribution in [-0.2, 0) is 4.79 Å². The van der Waals surface area contributed by atoms with Gasteiger partial charge in [0, 0.05) is 0 Å². The summed E-state index contributed by atoms with van der Waals surface area (Å²) in [6.45, 7) is 1.62. The number of aliphatic carboxylic acids is 1. The van der Waals surface area contributed by atoms with E-state index >= 15 is 0 Å². The number of carboxylic acid groups (broad SMARTS) is 1. The molecule has 0 saturated heterocycles. The minimum atomic E-state index is -1.12. The van der Waals surface area contributed by atoms with Crippen molar-refractivity contribution in [2.45, 2.75) is 39.0 Å². The van der Waals surface area contributed by atoms with Crippen molar-refractivity contribution in [3.8, 4) is 17.2 Å². The standard InChI is InChI=1S/C19H22O7/c1-2-3-4-5-6-7-10-24-18-17(22)14-11-13(25-12-16(20)21)8-9-15(14)26-19(18)23/h7-11,22H,2-6,12H2,1H3,(H,20,21). The molecule has 0 fully saturated rings. The molecule has 0 radical (unpaired) electrons. The van der Waals surface area contributed by atoms with Crippen LogP contribution in [0.2, 0.25) is 0 Å². The molecule has 140 valence electrons. The Morgan fingerprint density at radius 2 is 2.08 bits per heavy atom. The lowest BCUT2D eigenvalue weighted by atomic mass is 10.1. The summed E-state index contributed by atoms with van der Waals surface area (Å²) < 4.78 is 15.4. The van der Waals surface area contributed by atoms with E-state index in [0.29, 0.717) is 0 Å². The largest absolute Gasteiger partial charge is 0.504 e. The molecule has 26 heavy (non-hydrogen) atoms. The third kappa shape index (κ3) is 5.27. The van der Waals surface area contributed by atoms with Crippen molar-refractivity contribution in [2.75, 3.05) is 6.61 Å². The lowest BCUT2D eigenvalue weighted by molar-refractivity contribution is -0.139. The Kier molecular flexibility index (Phi) is 7.08. The Hall–Kier alpha value is -2.96. The van der Waals surface area contributed by atoms with Gasteiger partial charge in [-0.05, 0) is 37.1 Å². The molecule has 7 nitrogen and oxygen atoms in total. The number of allylic oxidation sites excluding steroid dienone is 1. The van der Waals surface area contributed by atoms with Gasteiger partial charge in [-0.1, -0.05) is 26.2 Å². The molecule has 2 N–H and O–H groups in total. The molecule has 7 heteroatoms. The zero-order chi connectivity index (χ0) is 18.9. The van der Waals surface area contributed by atoms with Crippen molar-refractivity contribution in [1.82, 2.24) is 0 Å². The Morgan fingerprint density at radius 1 is 1.27 bits per heavy atom. The fourth-order valence-corrected chi connectivity index (χ4v) is 2.36. The van der Waals surface area contributed by atoms with Gasteiger partial charge in [0.25, 0.3) is 5.75 Å². The molecule has 1 heterocycles. The van der Waals surface area contributed by atoms with E-state index in [4.69, 9.17) is 19.0 Å². The van der Waals surface area contributed by atoms with Crippen molar-refractivity contribution < 1.29 is 28.9 Å². The monoisotopic (exact) mass is 362 g/mol. The Labute approximate surface area is 150 Å². The highest BCUT2D eigenvalue weighted by Crippen LogP contribution is 2.33. The molecule has 1 aromatic heterocycles. The van der Waals surface area contributed by atoms with Crippen molar-refractivity contribution in [3.63, 3.8) is 0 Å². The maximum atomic E-state index is 12.0. The molecule has 0 saturated carbocycles. The lowest BCUT2D eigenvalue weighted by Crippen LogP contribution is -2.09. The Bertz CT molecular complexity index is 836. The number of aromatic hydroxyl groups is 1. The van der Waals surface area contributed by atoms with Crippen molar-refractivity contribution in [3.05, 3.63) is 41.0 Å². The smallest absolute Gasteiger partial charge is 0.383 e. The minimum absolute atomic E-state index is 0.145. The van der Waals surface area contributed by atoms with E-state index in [9.17, 15) is 14.7 Å². The summed E-state index contributed by atoms with van der Waals surface area (Å²) in [7, 11) is 0. The van der Waals surface area contributed by atoms with E-state index in [1.54, 1.807) is 6.08 Å². The van der Waals surface area contributed by atoms with Gasteiger partial charge in [0.05, 0.1) is 11.6 Å². The summed E-state index contributed by atoms with van der Waals surface area (Å²) in [5.74, 6) is -1.60. The lowest BCUT2D eigenvalue weighted by Gasteiger charge is -2.07. The third-order valence-electron chi connectivity index (χ3n) is 3.68. The Morgan fingerprint density at radius 3 is 2.81 bits per heavy atom. The van der Waals surface area contributed by atoms with Crippen molar-refractivity contribution in [2.24, 2.45) is 0 Å². The molecular weight excluding hydrogens is 340 g/mol. The highest BCUT2D eigenvalue weighted by atomic mass is 16.5. The van der Waals surface area contributed by atoms with Gasteiger partial charge in [-0.15, -0.1) is 0 Å². The molecule has 2 aromatic rings. The van der Waals surface area contributed by atoms with Crippen LogP contribution in [0, 0.1) is 0 Å². The number of carboxylic acids is 1. The second kappa shape index (κ2) is 9.50. The van der Waals surface area contributed by atoms with Crippen molar-refractivity contribution in [1.29, 1.82) is 0 Å². The zero-order valence-corrected chi connectivity index (χ0v) is 14.6. The van der Waals surface area contributed by atoms with E-state index in [-0.39, 0.29) is 28.2 Å². The van der Waals surface area contributed by atoms with E-state index in [1.165, 1.54) is 30.9 Å². The molecule has 0 atom stereocenters. The fourth-order valence-electron chi connectivity index (χ4n) is 2.36. The van der Waals surface area contributed by atoms with E-state index < -0.39 is 18.2 Å². The number of fused-ring (bicyclic) bond motifs is 1. The summed E-state index contributed by atoms with van der Waals surface area (Å²) in [6.07, 6.45) is 8.44. The summed E-state index contributed by atoms with van der Waals surface area (Å²) in [6, 6.07) is 4.25. The molecule has 1 aromatic carbocycles. The molecular formula is C19H22O7. The number of hydrogen-bond acceptors (Lipinski definition) is 6. The van der Waals surface area contributed by atoms with Crippen LogP contribution in [0.3, 0.4) is 0 Å². The maximum absolute atomic E-state index is 12.0. The number of ether oxygens (including phenoxy) is 2. The van der Waals surface area contributed by atoms with Crippen LogP contribution in [0.1, 0.15) is 39.0 Å². The molecule has 0 aliphatic rings. The van der Waals surface area contributed by atoms with Gasteiger partial charge in [-0.2, -0.15) is 0 Å². The zero-order valence-electron chi connectivity index (χ0n) is 14.6. The molecule has 0 spiro atoms. The second-order valence-corrected chi connectivity index (χ2v) is 5.75. The molecule has 0 unspecified atom stereocenters. The van der Waals surface area contributed by atoms with Crippen LogP contribution in [0.25, 0.3) is 11.0 Å². The topological polar surface area (TPSA) is 106 Å². The Balaban J connectivity index is 2.14. The molecule has 0 aliphatic carbocycles. The first-order chi connectivity index (χ1) is 12.5. The summed E-state index contributed by atoms with van der Waals surface area (Å²) >= 11 is 0. The van der Waals surface area contributed by atoms with E-state index in [0.717, 1.165) is 25.7 Å². The predicted octanol–water partition coefficient (Wildman–Crippen LogP) is 3.82. The summed E-state index contributed by atoms with van der Waals surface area (Å²) in [5, 5.41) is 19.2. The first-order valence-corrected chi connectivity index (χ1v) is 8.49. The number of benzene rings is 1. The average molecular weight is 362 g/mol. The maximum Gasteiger partial charge on any atom is 0.383 e. The van der Waals surface area contributed by atoms with Gasteiger partial charge >= 0.3 is 11.6 Å². The number of rotatable bonds is 10. The fraction of sp³-hybridized carbons (Fsp3) is 0.368. The predicted molar refractivity (Wildman–Crippen MR) is 95.8 cm³/mol. The summed E-state index contributed by atoms with van der Waals surface area (Å²) in [5.41, 5.74) is -0.657. The molecule has 0 aliphatic heterocycles. The van der Waals surface area contributed by atoms with E-state index in [2.05, 4.69) is 6.92 Å². The van der Waals surface area contributed by atoms with Crippen LogP contribution in [0.15, 0.2) is 39.7 Å². The van der Waals surface area contributed by atoms with Crippen molar-refractivity contribution >= 4 is 16.9 Å². The van der Waals surface area contributed by atoms with E-state index in [1.807, 2.05) is 0 Å². The van der Waals surface area contributed by atoms with Crippen LogP contribution in [-0.4, -0.2) is 22.8 Å². The first-order valence-electron chi connectivity index (χ1n) is 8.49. The second-order valence-electron chi connectivity index (χ2n) is 5.75. The van der Waals surface area contributed by atoms with Crippen LogP contribution < -0.4 is 15.1 Å². The first kappa shape index (κ1) is 19.4. The highest BCUT2D eigenvalue weighted by molar-refractivity contribution is 5.86. The van der Waals surface area contributed by atoms with Gasteiger partial charge in [-0.25, -0.2) is 9.59 Å². The molecule has 0 amide bonds. The van der Waals surface area contributed by atoms with Gasteiger partial charge < -0.3 is 24.1 Å². The molecule has 2 rings (SSSR count). The third-order valence-corrected chi connectivity index (χ3v) is 3.68. The summed E-state index contributed by atoms with van der Waals surface area (Å²) in [4.78, 5) is 22.5. The average Bonchev–Trinajstić information content (AvgIpc) is 2.61. The minimum Gasteiger partial charge on any atom is -0.504 e. The van der Waals surface area contributed by atoms with Crippen LogP contribution >= 0.6 is 0 Å². The number of hydrogen-bond donors (Lipinski definition) is 2. The SMILES string of the molecule is CCCCCCC=COc1c(O)c2cc(OCC(=O)O)ccc2oc1=O. The quantitative estimate of drug-likeness (QED) is 0.376. The molecule has 0 bridgehead atoms. The van der Waals surface area contributed by atoms with Gasteiger partial charge in [-0.3, -0.25) is 0 Å². The van der Waals surface area contributed by atoms with Crippen LogP contribution in [0.5, 0.6) is 17.2 Å². The van der Waals surface area contributed by atoms with Gasteiger partial charge in [0.15, 0.2) is 12.4 Å². The van der Waals surface area contributed by atoms with Crippen LogP contribution in [0.4, 0.5) is 0 Å². The van der Waals surface area contributed by atoms with Gasteiger partial charge in [0.1, 0.15) is 11.3 Å². The number of unbranched alkanes of at least 4 members (excludes halogenated alkanes) is 4.